The van der Waals surface area contributed by atoms with E-state index in [0.29, 0.717) is 0 Å². The number of hydrogen-bond acceptors (Lipinski definition) is 5. The van der Waals surface area contributed by atoms with E-state index < -0.39 is 0 Å². The van der Waals surface area contributed by atoms with Gasteiger partial charge in [-0.05, 0) is 51.5 Å². The summed E-state index contributed by atoms with van der Waals surface area (Å²) in [5.74, 6) is 1.68. The predicted octanol–water partition coefficient (Wildman–Crippen LogP) is 2.65. The zero-order chi connectivity index (χ0) is 19.8. The Labute approximate surface area is 166 Å². The number of imidazole rings is 1. The van der Waals surface area contributed by atoms with Crippen molar-refractivity contribution in [3.63, 3.8) is 0 Å². The first-order chi connectivity index (χ1) is 13.5. The second kappa shape index (κ2) is 7.37. The van der Waals surface area contributed by atoms with E-state index >= 15 is 0 Å². The number of nitrogens with one attached hydrogen (secondary N) is 4. The number of nitrogens with zero attached hydrogens (tertiary/aromatic N) is 2. The summed E-state index contributed by atoms with van der Waals surface area (Å²) in [6.45, 7) is 11.5. The molecular weight excluding hydrogens is 372 g/mol. The lowest BCUT2D eigenvalue weighted by atomic mass is 10.2. The quantitative estimate of drug-likeness (QED) is 0.403. The fourth-order valence-corrected chi connectivity index (χ4v) is 4.48. The highest BCUT2D eigenvalue weighted by Gasteiger charge is 2.17. The van der Waals surface area contributed by atoms with E-state index in [2.05, 4.69) is 43.0 Å². The lowest BCUT2D eigenvalue weighted by Crippen LogP contribution is -3.10. The van der Waals surface area contributed by atoms with Gasteiger partial charge in [-0.3, -0.25) is 0 Å². The van der Waals surface area contributed by atoms with Crippen LogP contribution in [0, 0.1) is 13.8 Å². The number of rotatable bonds is 6. The van der Waals surface area contributed by atoms with Gasteiger partial charge in [0.25, 0.3) is 0 Å². The Kier molecular flexibility index (Phi) is 4.91. The molecule has 1 aromatic carbocycles. The van der Waals surface area contributed by atoms with Gasteiger partial charge >= 0.3 is 5.69 Å². The van der Waals surface area contributed by atoms with Crippen molar-refractivity contribution in [3.8, 4) is 0 Å². The minimum Gasteiger partial charge on any atom is -0.340 e. The van der Waals surface area contributed by atoms with Crippen LogP contribution in [0.2, 0.25) is 0 Å². The van der Waals surface area contributed by atoms with Crippen LogP contribution in [0.1, 0.15) is 30.1 Å². The van der Waals surface area contributed by atoms with Gasteiger partial charge in [-0.2, -0.15) is 0 Å². The molecule has 0 amide bonds. The van der Waals surface area contributed by atoms with Crippen molar-refractivity contribution in [1.29, 1.82) is 0 Å². The average molecular weight is 398 g/mol. The molecule has 146 valence electrons. The molecule has 28 heavy (non-hydrogen) atoms. The number of fused-ring (bicyclic) bond motifs is 2. The molecule has 0 unspecified atom stereocenters. The van der Waals surface area contributed by atoms with Crippen molar-refractivity contribution in [2.75, 3.05) is 18.4 Å². The van der Waals surface area contributed by atoms with E-state index in [9.17, 15) is 4.79 Å². The Morgan fingerprint density at radius 1 is 1.11 bits per heavy atom. The van der Waals surface area contributed by atoms with Crippen molar-refractivity contribution in [2.45, 2.75) is 34.2 Å². The predicted molar refractivity (Wildman–Crippen MR) is 115 cm³/mol. The van der Waals surface area contributed by atoms with Gasteiger partial charge in [0.05, 0.1) is 29.5 Å². The van der Waals surface area contributed by atoms with Crippen LogP contribution in [-0.2, 0) is 6.54 Å². The van der Waals surface area contributed by atoms with Crippen LogP contribution in [0.4, 0.5) is 11.5 Å². The number of benzene rings is 1. The van der Waals surface area contributed by atoms with E-state index in [0.717, 1.165) is 58.2 Å². The molecule has 0 fully saturated rings. The molecule has 0 aliphatic heterocycles. The molecule has 0 atom stereocenters. The molecule has 4 aromatic rings. The van der Waals surface area contributed by atoms with E-state index in [-0.39, 0.29) is 5.69 Å². The number of aromatic nitrogens is 4. The standard InChI is InChI=1S/C20H24N6OS/c1-5-26(6-2)10-16-24-18(17-11(3)12(4)28-19(17)25-16)21-13-7-8-14-15(9-13)23-20(27)22-14/h7-9H,5-6,10H2,1-4H3,(H,21,24,25)(H2,22,23,27)/p+1. The van der Waals surface area contributed by atoms with Crippen LogP contribution < -0.4 is 15.9 Å². The molecule has 0 spiro atoms. The van der Waals surface area contributed by atoms with Gasteiger partial charge in [0.1, 0.15) is 17.2 Å². The zero-order valence-electron chi connectivity index (χ0n) is 16.6. The molecule has 0 aliphatic carbocycles. The third kappa shape index (κ3) is 3.41. The molecule has 0 saturated heterocycles. The Bertz CT molecular complexity index is 1200. The van der Waals surface area contributed by atoms with Crippen molar-refractivity contribution >= 4 is 44.1 Å². The smallest absolute Gasteiger partial charge is 0.323 e. The van der Waals surface area contributed by atoms with Crippen LogP contribution in [0.5, 0.6) is 0 Å². The number of hydrogen-bond donors (Lipinski definition) is 4. The second-order valence-corrected chi connectivity index (χ2v) is 8.25. The molecule has 3 heterocycles. The Balaban J connectivity index is 1.79. The molecule has 0 saturated carbocycles. The van der Waals surface area contributed by atoms with Crippen molar-refractivity contribution in [2.24, 2.45) is 0 Å². The molecule has 4 rings (SSSR count). The molecule has 0 aliphatic rings. The first-order valence-corrected chi connectivity index (χ1v) is 10.4. The minimum absolute atomic E-state index is 0.203. The van der Waals surface area contributed by atoms with Gasteiger partial charge in [-0.1, -0.05) is 0 Å². The third-order valence-electron chi connectivity index (χ3n) is 5.26. The molecule has 0 bridgehead atoms. The Morgan fingerprint density at radius 2 is 1.86 bits per heavy atom. The van der Waals surface area contributed by atoms with Gasteiger partial charge in [-0.15, -0.1) is 11.3 Å². The normalized spacial score (nSPS) is 11.8. The van der Waals surface area contributed by atoms with Gasteiger partial charge in [0.2, 0.25) is 0 Å². The van der Waals surface area contributed by atoms with Gasteiger partial charge in [0.15, 0.2) is 5.82 Å². The van der Waals surface area contributed by atoms with Gasteiger partial charge in [0, 0.05) is 10.6 Å². The van der Waals surface area contributed by atoms with E-state index in [1.807, 2.05) is 18.2 Å². The van der Waals surface area contributed by atoms with Crippen LogP contribution in [0.3, 0.4) is 0 Å². The van der Waals surface area contributed by atoms with Gasteiger partial charge < -0.3 is 20.2 Å². The molecule has 0 radical (unpaired) electrons. The summed E-state index contributed by atoms with van der Waals surface area (Å²) in [6.07, 6.45) is 0. The minimum atomic E-state index is -0.203. The second-order valence-electron chi connectivity index (χ2n) is 7.05. The summed E-state index contributed by atoms with van der Waals surface area (Å²) in [5.41, 5.74) is 3.45. The van der Waals surface area contributed by atoms with E-state index in [1.54, 1.807) is 11.3 Å². The number of H-pyrrole nitrogens is 2. The van der Waals surface area contributed by atoms with E-state index in [1.165, 1.54) is 15.3 Å². The van der Waals surface area contributed by atoms with Crippen molar-refractivity contribution in [3.05, 3.63) is 44.9 Å². The van der Waals surface area contributed by atoms with Crippen LogP contribution in [0.25, 0.3) is 21.3 Å². The fraction of sp³-hybridized carbons (Fsp3) is 0.350. The summed E-state index contributed by atoms with van der Waals surface area (Å²) in [6, 6.07) is 5.76. The zero-order valence-corrected chi connectivity index (χ0v) is 17.4. The molecule has 3 aromatic heterocycles. The topological polar surface area (TPSA) is 90.9 Å². The summed E-state index contributed by atoms with van der Waals surface area (Å²) >= 11 is 1.71. The first-order valence-electron chi connectivity index (χ1n) is 9.57. The number of quaternary nitrogens is 1. The fourth-order valence-electron chi connectivity index (χ4n) is 3.43. The molecule has 7 nitrogen and oxygen atoms in total. The summed E-state index contributed by atoms with van der Waals surface area (Å²) in [5, 5.41) is 4.54. The van der Waals surface area contributed by atoms with E-state index in [4.69, 9.17) is 9.97 Å². The third-order valence-corrected chi connectivity index (χ3v) is 6.36. The maximum absolute atomic E-state index is 11.5. The number of aryl methyl sites for hydroxylation is 2. The van der Waals surface area contributed by atoms with Crippen LogP contribution >= 0.6 is 11.3 Å². The Hall–Kier alpha value is -2.71. The average Bonchev–Trinajstić information content (AvgIpc) is 3.17. The highest BCUT2D eigenvalue weighted by atomic mass is 32.1. The van der Waals surface area contributed by atoms with Crippen molar-refractivity contribution in [1.82, 2.24) is 19.9 Å². The highest BCUT2D eigenvalue weighted by molar-refractivity contribution is 7.18. The lowest BCUT2D eigenvalue weighted by molar-refractivity contribution is -0.910. The Morgan fingerprint density at radius 3 is 2.61 bits per heavy atom. The first kappa shape index (κ1) is 18.6. The molecule has 8 heteroatoms. The maximum atomic E-state index is 11.5. The molecule has 4 N–H and O–H groups in total. The monoisotopic (exact) mass is 397 g/mol. The highest BCUT2D eigenvalue weighted by Crippen LogP contribution is 2.34. The van der Waals surface area contributed by atoms with Crippen LogP contribution in [-0.4, -0.2) is 33.0 Å². The largest absolute Gasteiger partial charge is 0.340 e. The number of anilines is 2. The van der Waals surface area contributed by atoms with Crippen molar-refractivity contribution < 1.29 is 4.90 Å². The lowest BCUT2D eigenvalue weighted by Gasteiger charge is -2.15. The SMILES string of the molecule is CC[NH+](CC)Cc1nc(Nc2ccc3[nH]c(=O)[nH]c3c2)c2c(C)c(C)sc2n1. The number of aromatic amines is 2. The summed E-state index contributed by atoms with van der Waals surface area (Å²) in [7, 11) is 0. The number of thiophene rings is 1. The van der Waals surface area contributed by atoms with Gasteiger partial charge in [-0.25, -0.2) is 14.8 Å². The summed E-state index contributed by atoms with van der Waals surface area (Å²) < 4.78 is 0. The molecular formula is C20H25N6OS+. The van der Waals surface area contributed by atoms with Crippen LogP contribution in [0.15, 0.2) is 23.0 Å². The maximum Gasteiger partial charge on any atom is 0.323 e. The summed E-state index contributed by atoms with van der Waals surface area (Å²) in [4.78, 5) is 30.5.